The average Bonchev–Trinajstić information content (AvgIpc) is 3.22. The van der Waals surface area contributed by atoms with Gasteiger partial charge in [0.1, 0.15) is 12.3 Å². The third kappa shape index (κ3) is 9.05. The van der Waals surface area contributed by atoms with Crippen molar-refractivity contribution in [3.05, 3.63) is 10.4 Å². The predicted molar refractivity (Wildman–Crippen MR) is 72.2 cm³/mol. The molecule has 2 atom stereocenters. The van der Waals surface area contributed by atoms with E-state index in [0.717, 1.165) is 6.54 Å². The number of hydrogen-bond donors (Lipinski definition) is 2. The fourth-order valence-corrected chi connectivity index (χ4v) is 1.47. The molecule has 0 saturated carbocycles. The standard InChI is InChI=1S/C11H23N5O4/c12-9-10-11(20-10)14-1-3-17-5-7-19-8-6-18-4-2-15-16-13/h10-11,14H,1-9,12H2. The van der Waals surface area contributed by atoms with Crippen LogP contribution in [0.15, 0.2) is 5.11 Å². The average molecular weight is 289 g/mol. The van der Waals surface area contributed by atoms with Crippen LogP contribution < -0.4 is 11.1 Å². The Balaban J connectivity index is 1.67. The van der Waals surface area contributed by atoms with E-state index in [2.05, 4.69) is 15.3 Å². The van der Waals surface area contributed by atoms with Crippen LogP contribution in [-0.4, -0.2) is 71.6 Å². The lowest BCUT2D eigenvalue weighted by Gasteiger charge is -2.06. The van der Waals surface area contributed by atoms with Crippen LogP contribution >= 0.6 is 0 Å². The summed E-state index contributed by atoms with van der Waals surface area (Å²) < 4.78 is 21.1. The van der Waals surface area contributed by atoms with Crippen LogP contribution in [0, 0.1) is 0 Å². The summed E-state index contributed by atoms with van der Waals surface area (Å²) >= 11 is 0. The summed E-state index contributed by atoms with van der Waals surface area (Å²) in [4.78, 5) is 2.62. The normalized spacial score (nSPS) is 20.6. The Morgan fingerprint density at radius 3 is 2.35 bits per heavy atom. The van der Waals surface area contributed by atoms with E-state index in [1.54, 1.807) is 0 Å². The first kappa shape index (κ1) is 17.1. The maximum atomic E-state index is 8.03. The van der Waals surface area contributed by atoms with Crippen molar-refractivity contribution in [3.8, 4) is 0 Å². The molecule has 1 aliphatic rings. The molecule has 1 saturated heterocycles. The second kappa shape index (κ2) is 11.9. The molecule has 3 N–H and O–H groups in total. The van der Waals surface area contributed by atoms with Crippen molar-refractivity contribution in [2.24, 2.45) is 10.8 Å². The van der Waals surface area contributed by atoms with Crippen LogP contribution in [0.1, 0.15) is 0 Å². The topological polar surface area (TPSA) is 127 Å². The zero-order valence-electron chi connectivity index (χ0n) is 11.6. The fraction of sp³-hybridized carbons (Fsp3) is 1.00. The largest absolute Gasteiger partial charge is 0.379 e. The molecule has 0 radical (unpaired) electrons. The van der Waals surface area contributed by atoms with Gasteiger partial charge < -0.3 is 24.7 Å². The molecule has 0 spiro atoms. The lowest BCUT2D eigenvalue weighted by atomic mass is 10.4. The first-order valence-electron chi connectivity index (χ1n) is 6.71. The second-order valence-electron chi connectivity index (χ2n) is 4.08. The SMILES string of the molecule is [N-]=[N+]=NCCOCCOCCOCCNC1OC1CN. The van der Waals surface area contributed by atoms with E-state index in [1.807, 2.05) is 0 Å². The van der Waals surface area contributed by atoms with Gasteiger partial charge in [0.2, 0.25) is 0 Å². The molecule has 20 heavy (non-hydrogen) atoms. The summed E-state index contributed by atoms with van der Waals surface area (Å²) in [5.74, 6) is 0. The molecule has 1 fully saturated rings. The van der Waals surface area contributed by atoms with Gasteiger partial charge in [0.05, 0.1) is 39.6 Å². The van der Waals surface area contributed by atoms with Crippen molar-refractivity contribution in [1.82, 2.24) is 5.32 Å². The van der Waals surface area contributed by atoms with Crippen LogP contribution in [0.25, 0.3) is 10.4 Å². The Bertz CT molecular complexity index is 288. The predicted octanol–water partition coefficient (Wildman–Crippen LogP) is -0.380. The van der Waals surface area contributed by atoms with E-state index >= 15 is 0 Å². The quantitative estimate of drug-likeness (QED) is 0.147. The number of epoxide rings is 1. The molecule has 9 nitrogen and oxygen atoms in total. The van der Waals surface area contributed by atoms with Crippen LogP contribution in [0.5, 0.6) is 0 Å². The fourth-order valence-electron chi connectivity index (χ4n) is 1.47. The molecule has 1 aliphatic heterocycles. The molecule has 0 aromatic heterocycles. The number of nitrogens with two attached hydrogens (primary N) is 1. The molecule has 9 heteroatoms. The molecule has 1 rings (SSSR count). The smallest absolute Gasteiger partial charge is 0.136 e. The summed E-state index contributed by atoms with van der Waals surface area (Å²) in [7, 11) is 0. The number of azide groups is 1. The lowest BCUT2D eigenvalue weighted by molar-refractivity contribution is 0.0163. The number of nitrogens with zero attached hydrogens (tertiary/aromatic N) is 3. The second-order valence-corrected chi connectivity index (χ2v) is 4.08. The first-order valence-corrected chi connectivity index (χ1v) is 6.71. The molecular weight excluding hydrogens is 266 g/mol. The van der Waals surface area contributed by atoms with Gasteiger partial charge in [-0.15, -0.1) is 0 Å². The van der Waals surface area contributed by atoms with Gasteiger partial charge >= 0.3 is 0 Å². The van der Waals surface area contributed by atoms with E-state index in [0.29, 0.717) is 52.7 Å². The monoisotopic (exact) mass is 289 g/mol. The van der Waals surface area contributed by atoms with E-state index in [4.69, 9.17) is 30.2 Å². The summed E-state index contributed by atoms with van der Waals surface area (Å²) in [5, 5.41) is 6.52. The van der Waals surface area contributed by atoms with Crippen molar-refractivity contribution >= 4 is 0 Å². The number of rotatable bonds is 14. The van der Waals surface area contributed by atoms with Gasteiger partial charge in [-0.2, -0.15) is 0 Å². The van der Waals surface area contributed by atoms with Crippen LogP contribution in [0.2, 0.25) is 0 Å². The van der Waals surface area contributed by atoms with Gasteiger partial charge in [-0.25, -0.2) is 0 Å². The van der Waals surface area contributed by atoms with Crippen LogP contribution in [0.4, 0.5) is 0 Å². The van der Waals surface area contributed by atoms with E-state index in [9.17, 15) is 0 Å². The summed E-state index contributed by atoms with van der Waals surface area (Å²) in [6, 6.07) is 0. The minimum Gasteiger partial charge on any atom is -0.379 e. The number of hydrogen-bond acceptors (Lipinski definition) is 7. The van der Waals surface area contributed by atoms with Crippen LogP contribution in [-0.2, 0) is 18.9 Å². The molecular formula is C11H23N5O4. The minimum absolute atomic E-state index is 0.0994. The molecule has 0 aromatic carbocycles. The van der Waals surface area contributed by atoms with Gasteiger partial charge in [-0.1, -0.05) is 5.11 Å². The summed E-state index contributed by atoms with van der Waals surface area (Å²) in [5.41, 5.74) is 13.5. The molecule has 0 aliphatic carbocycles. The molecule has 0 bridgehead atoms. The third-order valence-corrected chi connectivity index (χ3v) is 2.55. The van der Waals surface area contributed by atoms with E-state index < -0.39 is 0 Å². The van der Waals surface area contributed by atoms with E-state index in [1.165, 1.54) is 0 Å². The summed E-state index contributed by atoms with van der Waals surface area (Å²) in [6.07, 6.45) is 0.263. The molecule has 116 valence electrons. The molecule has 1 heterocycles. The highest BCUT2D eigenvalue weighted by Crippen LogP contribution is 2.16. The molecule has 0 amide bonds. The zero-order chi connectivity index (χ0) is 14.5. The highest BCUT2D eigenvalue weighted by atomic mass is 16.6. The van der Waals surface area contributed by atoms with Crippen molar-refractivity contribution in [2.45, 2.75) is 12.3 Å². The Hall–Kier alpha value is -0.930. The Morgan fingerprint density at radius 1 is 1.10 bits per heavy atom. The van der Waals surface area contributed by atoms with Crippen molar-refractivity contribution < 1.29 is 18.9 Å². The minimum atomic E-state index is 0.0994. The Morgan fingerprint density at radius 2 is 1.75 bits per heavy atom. The van der Waals surface area contributed by atoms with Crippen molar-refractivity contribution in [3.63, 3.8) is 0 Å². The highest BCUT2D eigenvalue weighted by Gasteiger charge is 2.36. The third-order valence-electron chi connectivity index (χ3n) is 2.55. The molecule has 2 unspecified atom stereocenters. The maximum Gasteiger partial charge on any atom is 0.136 e. The number of ether oxygens (including phenoxy) is 4. The maximum absolute atomic E-state index is 8.03. The first-order chi connectivity index (χ1) is 9.88. The Kier molecular flexibility index (Phi) is 10.2. The zero-order valence-corrected chi connectivity index (χ0v) is 11.6. The van der Waals surface area contributed by atoms with Crippen LogP contribution in [0.3, 0.4) is 0 Å². The van der Waals surface area contributed by atoms with Gasteiger partial charge in [0.15, 0.2) is 0 Å². The van der Waals surface area contributed by atoms with Gasteiger partial charge in [-0.05, 0) is 5.53 Å². The van der Waals surface area contributed by atoms with Crippen molar-refractivity contribution in [2.75, 3.05) is 59.3 Å². The number of nitrogens with one attached hydrogen (secondary N) is 1. The van der Waals surface area contributed by atoms with Gasteiger partial charge in [0, 0.05) is 24.5 Å². The molecule has 0 aromatic rings. The Labute approximate surface area is 118 Å². The van der Waals surface area contributed by atoms with Crippen molar-refractivity contribution in [1.29, 1.82) is 0 Å². The van der Waals surface area contributed by atoms with Gasteiger partial charge in [-0.3, -0.25) is 5.32 Å². The summed E-state index contributed by atoms with van der Waals surface area (Å²) in [6.45, 7) is 4.75. The van der Waals surface area contributed by atoms with E-state index in [-0.39, 0.29) is 12.3 Å². The highest BCUT2D eigenvalue weighted by molar-refractivity contribution is 4.82. The van der Waals surface area contributed by atoms with Gasteiger partial charge in [0.25, 0.3) is 0 Å². The lowest BCUT2D eigenvalue weighted by Crippen LogP contribution is -2.26.